The lowest BCUT2D eigenvalue weighted by atomic mass is 10.2. The van der Waals surface area contributed by atoms with Gasteiger partial charge in [0.05, 0.1) is 10.6 Å². The molecule has 0 spiro atoms. The molecule has 35 heavy (non-hydrogen) atoms. The van der Waals surface area contributed by atoms with E-state index in [-0.39, 0.29) is 22.3 Å². The number of benzene rings is 3. The van der Waals surface area contributed by atoms with E-state index < -0.39 is 15.8 Å². The lowest BCUT2D eigenvalue weighted by molar-refractivity contribution is 0.102. The zero-order chi connectivity index (χ0) is 24.6. The van der Waals surface area contributed by atoms with Crippen molar-refractivity contribution in [1.29, 1.82) is 0 Å². The minimum atomic E-state index is -3.88. The number of sulfonamides is 1. The first-order chi connectivity index (χ1) is 16.8. The highest BCUT2D eigenvalue weighted by Gasteiger charge is 2.27. The topological polar surface area (TPSA) is 93.1 Å². The number of hydrogen-bond donors (Lipinski definition) is 2. The van der Waals surface area contributed by atoms with Crippen molar-refractivity contribution >= 4 is 27.3 Å². The second kappa shape index (κ2) is 8.95. The molecule has 2 N–H and O–H groups in total. The quantitative estimate of drug-likeness (QED) is 0.407. The van der Waals surface area contributed by atoms with Crippen LogP contribution >= 0.6 is 0 Å². The maximum Gasteiger partial charge on any atom is 0.276 e. The third-order valence-electron chi connectivity index (χ3n) is 5.74. The number of nitrogens with one attached hydrogen (secondary N) is 2. The third kappa shape index (κ3) is 4.65. The van der Waals surface area contributed by atoms with Crippen molar-refractivity contribution in [2.45, 2.75) is 24.2 Å². The summed E-state index contributed by atoms with van der Waals surface area (Å²) in [5, 5.41) is 7.29. The summed E-state index contributed by atoms with van der Waals surface area (Å²) < 4.78 is 55.5. The van der Waals surface area contributed by atoms with Gasteiger partial charge in [-0.3, -0.25) is 9.52 Å². The van der Waals surface area contributed by atoms with Gasteiger partial charge in [0.1, 0.15) is 11.6 Å². The second-order valence-electron chi connectivity index (χ2n) is 8.11. The number of aromatic nitrogens is 2. The molecule has 1 aromatic heterocycles. The van der Waals surface area contributed by atoms with E-state index in [1.54, 1.807) is 28.9 Å². The molecule has 5 rings (SSSR count). The van der Waals surface area contributed by atoms with Gasteiger partial charge in [0.2, 0.25) is 0 Å². The van der Waals surface area contributed by atoms with Crippen molar-refractivity contribution in [3.63, 3.8) is 0 Å². The molecule has 0 saturated heterocycles. The Morgan fingerprint density at radius 3 is 2.09 bits per heavy atom. The van der Waals surface area contributed by atoms with Crippen LogP contribution in [0.15, 0.2) is 77.7 Å². The zero-order valence-electron chi connectivity index (χ0n) is 18.3. The summed E-state index contributed by atoms with van der Waals surface area (Å²) in [6.45, 7) is 0. The first-order valence-electron chi connectivity index (χ1n) is 10.9. The zero-order valence-corrected chi connectivity index (χ0v) is 19.1. The number of halogens is 2. The number of amides is 1. The van der Waals surface area contributed by atoms with Crippen LogP contribution in [-0.4, -0.2) is 24.1 Å². The molecule has 178 valence electrons. The maximum atomic E-state index is 13.3. The Morgan fingerprint density at radius 1 is 0.829 bits per heavy atom. The van der Waals surface area contributed by atoms with Gasteiger partial charge in [0.25, 0.3) is 15.9 Å². The Bertz CT molecular complexity index is 1500. The fourth-order valence-corrected chi connectivity index (χ4v) is 5.11. The summed E-state index contributed by atoms with van der Waals surface area (Å²) in [6.07, 6.45) is 2.40. The van der Waals surface area contributed by atoms with E-state index in [1.807, 2.05) is 0 Å². The highest BCUT2D eigenvalue weighted by molar-refractivity contribution is 7.92. The molecule has 1 aliphatic carbocycles. The van der Waals surface area contributed by atoms with Gasteiger partial charge in [-0.1, -0.05) is 0 Å². The lowest BCUT2D eigenvalue weighted by Gasteiger charge is -2.09. The molecule has 0 saturated carbocycles. The minimum absolute atomic E-state index is 0.0677. The average Bonchev–Trinajstić information content (AvgIpc) is 3.44. The van der Waals surface area contributed by atoms with E-state index >= 15 is 0 Å². The molecule has 0 bridgehead atoms. The standard InChI is InChI=1S/C25H20F2N4O3S/c26-16-4-12-20(13-5-16)31-23-3-1-2-22(23)24(29-31)25(32)28-18-8-10-19(11-9-18)30-35(33,34)21-14-6-17(27)7-15-21/h4-15,30H,1-3H2,(H,28,32). The van der Waals surface area contributed by atoms with Gasteiger partial charge in [0.15, 0.2) is 5.69 Å². The van der Waals surface area contributed by atoms with Crippen LogP contribution in [0.2, 0.25) is 0 Å². The molecule has 1 heterocycles. The molecule has 0 atom stereocenters. The number of carbonyl (C=O) groups excluding carboxylic acids is 1. The molecule has 3 aromatic carbocycles. The van der Waals surface area contributed by atoms with Gasteiger partial charge in [-0.2, -0.15) is 5.10 Å². The first kappa shape index (κ1) is 22.7. The number of carbonyl (C=O) groups is 1. The third-order valence-corrected chi connectivity index (χ3v) is 7.13. The molecule has 1 amide bonds. The molecule has 1 aliphatic rings. The summed E-state index contributed by atoms with van der Waals surface area (Å²) in [6, 6.07) is 16.6. The van der Waals surface area contributed by atoms with Gasteiger partial charge in [-0.05, 0) is 92.1 Å². The van der Waals surface area contributed by atoms with Crippen LogP contribution in [-0.2, 0) is 22.9 Å². The van der Waals surface area contributed by atoms with E-state index in [0.717, 1.165) is 42.7 Å². The highest BCUT2D eigenvalue weighted by atomic mass is 32.2. The number of anilines is 2. The van der Waals surface area contributed by atoms with Crippen LogP contribution in [0.3, 0.4) is 0 Å². The smallest absolute Gasteiger partial charge is 0.276 e. The van der Waals surface area contributed by atoms with Gasteiger partial charge >= 0.3 is 0 Å². The van der Waals surface area contributed by atoms with Crippen LogP contribution in [0.4, 0.5) is 20.2 Å². The van der Waals surface area contributed by atoms with Gasteiger partial charge in [-0.25, -0.2) is 21.9 Å². The van der Waals surface area contributed by atoms with E-state index in [2.05, 4.69) is 15.1 Å². The van der Waals surface area contributed by atoms with E-state index in [9.17, 15) is 22.0 Å². The predicted octanol–water partition coefficient (Wildman–Crippen LogP) is 4.69. The van der Waals surface area contributed by atoms with Gasteiger partial charge < -0.3 is 5.32 Å². The monoisotopic (exact) mass is 494 g/mol. The number of hydrogen-bond acceptors (Lipinski definition) is 4. The predicted molar refractivity (Wildman–Crippen MR) is 127 cm³/mol. The molecule has 0 aliphatic heterocycles. The summed E-state index contributed by atoms with van der Waals surface area (Å²) in [5.41, 5.74) is 3.55. The van der Waals surface area contributed by atoms with Crippen molar-refractivity contribution in [3.05, 3.63) is 101 Å². The van der Waals surface area contributed by atoms with E-state index in [0.29, 0.717) is 17.1 Å². The van der Waals surface area contributed by atoms with Gasteiger partial charge in [-0.15, -0.1) is 0 Å². The minimum Gasteiger partial charge on any atom is -0.321 e. The lowest BCUT2D eigenvalue weighted by Crippen LogP contribution is -2.15. The van der Waals surface area contributed by atoms with Crippen LogP contribution < -0.4 is 10.0 Å². The Labute approximate surface area is 200 Å². The molecular formula is C25H20F2N4O3S. The Kier molecular flexibility index (Phi) is 5.81. The van der Waals surface area contributed by atoms with Crippen molar-refractivity contribution in [2.75, 3.05) is 10.0 Å². The van der Waals surface area contributed by atoms with Crippen LogP contribution in [0.5, 0.6) is 0 Å². The largest absolute Gasteiger partial charge is 0.321 e. The van der Waals surface area contributed by atoms with Crippen molar-refractivity contribution in [2.24, 2.45) is 0 Å². The summed E-state index contributed by atoms with van der Waals surface area (Å²) in [5.74, 6) is -1.26. The van der Waals surface area contributed by atoms with Crippen molar-refractivity contribution < 1.29 is 22.0 Å². The fraction of sp³-hybridized carbons (Fsp3) is 0.120. The molecule has 4 aromatic rings. The Balaban J connectivity index is 1.32. The molecular weight excluding hydrogens is 474 g/mol. The average molecular weight is 495 g/mol. The number of nitrogens with zero attached hydrogens (tertiary/aromatic N) is 2. The van der Waals surface area contributed by atoms with E-state index in [4.69, 9.17) is 0 Å². The Hall–Kier alpha value is -4.05. The fourth-order valence-electron chi connectivity index (χ4n) is 4.06. The SMILES string of the molecule is O=C(Nc1ccc(NS(=O)(=O)c2ccc(F)cc2)cc1)c1nn(-c2ccc(F)cc2)c2c1CCC2. The van der Waals surface area contributed by atoms with E-state index in [1.165, 1.54) is 36.4 Å². The second-order valence-corrected chi connectivity index (χ2v) is 9.79. The molecule has 7 nitrogen and oxygen atoms in total. The molecule has 0 radical (unpaired) electrons. The van der Waals surface area contributed by atoms with Gasteiger partial charge in [0, 0.05) is 22.6 Å². The first-order valence-corrected chi connectivity index (χ1v) is 12.3. The number of rotatable bonds is 6. The number of fused-ring (bicyclic) bond motifs is 1. The maximum absolute atomic E-state index is 13.3. The van der Waals surface area contributed by atoms with Crippen molar-refractivity contribution in [1.82, 2.24) is 9.78 Å². The normalized spacial score (nSPS) is 12.9. The summed E-state index contributed by atoms with van der Waals surface area (Å²) in [4.78, 5) is 12.9. The molecule has 0 fully saturated rings. The summed E-state index contributed by atoms with van der Waals surface area (Å²) >= 11 is 0. The molecule has 0 unspecified atom stereocenters. The Morgan fingerprint density at radius 2 is 1.43 bits per heavy atom. The van der Waals surface area contributed by atoms with Crippen LogP contribution in [0, 0.1) is 11.6 Å². The van der Waals surface area contributed by atoms with Crippen molar-refractivity contribution in [3.8, 4) is 5.69 Å². The molecule has 10 heteroatoms. The highest BCUT2D eigenvalue weighted by Crippen LogP contribution is 2.29. The van der Waals surface area contributed by atoms with Crippen LogP contribution in [0.25, 0.3) is 5.69 Å². The van der Waals surface area contributed by atoms with Crippen LogP contribution in [0.1, 0.15) is 28.2 Å². The summed E-state index contributed by atoms with van der Waals surface area (Å²) in [7, 11) is -3.88.